The average molecular weight is 248 g/mol. The highest BCUT2D eigenvalue weighted by atomic mass is 19.1. The number of nitrogens with zero attached hydrogens (tertiary/aromatic N) is 2. The Kier molecular flexibility index (Phi) is 3.65. The molecule has 4 heteroatoms. The van der Waals surface area contributed by atoms with Crippen LogP contribution < -0.4 is 4.74 Å². The minimum Gasteiger partial charge on any atom is -0.484 e. The average Bonchev–Trinajstić information content (AvgIpc) is 2.71. The molecule has 0 fully saturated rings. The number of rotatable bonds is 4. The molecule has 1 aromatic carbocycles. The summed E-state index contributed by atoms with van der Waals surface area (Å²) in [5, 5.41) is 4.32. The summed E-state index contributed by atoms with van der Waals surface area (Å²) < 4.78 is 21.1. The van der Waals surface area contributed by atoms with Crippen LogP contribution in [0.3, 0.4) is 0 Å². The van der Waals surface area contributed by atoms with Crippen LogP contribution in [0.1, 0.15) is 23.9 Å². The lowest BCUT2D eigenvalue weighted by Crippen LogP contribution is -2.06. The Morgan fingerprint density at radius 1 is 1.33 bits per heavy atom. The molecule has 0 aliphatic carbocycles. The summed E-state index contributed by atoms with van der Waals surface area (Å²) in [5.74, 6) is -0.00621. The molecule has 1 heterocycles. The van der Waals surface area contributed by atoms with Crippen LogP contribution in [-0.2, 0) is 13.2 Å². The molecule has 96 valence electrons. The van der Waals surface area contributed by atoms with Crippen molar-refractivity contribution in [2.75, 3.05) is 0 Å². The van der Waals surface area contributed by atoms with E-state index >= 15 is 0 Å². The maximum Gasteiger partial charge on any atom is 0.167 e. The quantitative estimate of drug-likeness (QED) is 0.830. The smallest absolute Gasteiger partial charge is 0.167 e. The van der Waals surface area contributed by atoms with Gasteiger partial charge in [-0.2, -0.15) is 5.10 Å². The predicted molar refractivity (Wildman–Crippen MR) is 68.1 cm³/mol. The zero-order chi connectivity index (χ0) is 13.1. The number of aryl methyl sites for hydroxylation is 3. The lowest BCUT2D eigenvalue weighted by molar-refractivity contribution is 0.277. The molecule has 0 saturated heterocycles. The topological polar surface area (TPSA) is 27.1 Å². The fraction of sp³-hybridized carbons (Fsp3) is 0.357. The molecular weight excluding hydrogens is 231 g/mol. The van der Waals surface area contributed by atoms with Gasteiger partial charge in [-0.25, -0.2) is 4.39 Å². The van der Waals surface area contributed by atoms with E-state index in [1.807, 2.05) is 24.6 Å². The van der Waals surface area contributed by atoms with Crippen LogP contribution in [0.15, 0.2) is 24.3 Å². The van der Waals surface area contributed by atoms with E-state index in [9.17, 15) is 4.39 Å². The molecule has 0 unspecified atom stereocenters. The van der Waals surface area contributed by atoms with Gasteiger partial charge < -0.3 is 4.74 Å². The molecule has 2 aromatic rings. The van der Waals surface area contributed by atoms with Gasteiger partial charge in [-0.05, 0) is 38.5 Å². The summed E-state index contributed by atoms with van der Waals surface area (Å²) in [5.41, 5.74) is 2.49. The lowest BCUT2D eigenvalue weighted by Gasteiger charge is -2.09. The highest BCUT2D eigenvalue weighted by Crippen LogP contribution is 2.20. The van der Waals surface area contributed by atoms with Crippen molar-refractivity contribution in [2.45, 2.75) is 33.9 Å². The van der Waals surface area contributed by atoms with E-state index in [1.165, 1.54) is 0 Å². The van der Waals surface area contributed by atoms with Crippen molar-refractivity contribution in [3.8, 4) is 5.75 Å². The number of aromatic nitrogens is 2. The second-order valence-corrected chi connectivity index (χ2v) is 4.27. The number of ether oxygens (including phenoxy) is 1. The Morgan fingerprint density at radius 2 is 2.11 bits per heavy atom. The summed E-state index contributed by atoms with van der Waals surface area (Å²) in [4.78, 5) is 0. The molecule has 0 aliphatic heterocycles. The Labute approximate surface area is 106 Å². The Bertz CT molecular complexity index is 549. The predicted octanol–water partition coefficient (Wildman–Crippen LogP) is 3.24. The van der Waals surface area contributed by atoms with Crippen molar-refractivity contribution in [1.29, 1.82) is 0 Å². The maximum atomic E-state index is 13.7. The lowest BCUT2D eigenvalue weighted by atomic mass is 10.2. The first-order valence-electron chi connectivity index (χ1n) is 6.03. The van der Waals surface area contributed by atoms with E-state index in [1.54, 1.807) is 25.1 Å². The SMILES string of the molecule is CCn1nc(C)cc1COc1cccc(C)c1F. The third-order valence-electron chi connectivity index (χ3n) is 2.82. The van der Waals surface area contributed by atoms with Crippen LogP contribution in [0.4, 0.5) is 4.39 Å². The minimum absolute atomic E-state index is 0.288. The minimum atomic E-state index is -0.295. The molecule has 0 atom stereocenters. The number of hydrogen-bond donors (Lipinski definition) is 0. The van der Waals surface area contributed by atoms with Crippen molar-refractivity contribution < 1.29 is 9.13 Å². The monoisotopic (exact) mass is 248 g/mol. The van der Waals surface area contributed by atoms with Crippen LogP contribution in [0.2, 0.25) is 0 Å². The van der Waals surface area contributed by atoms with Crippen molar-refractivity contribution >= 4 is 0 Å². The summed E-state index contributed by atoms with van der Waals surface area (Å²) >= 11 is 0. The van der Waals surface area contributed by atoms with Gasteiger partial charge in [0.05, 0.1) is 11.4 Å². The molecule has 1 aromatic heterocycles. The molecule has 0 bridgehead atoms. The van der Waals surface area contributed by atoms with E-state index in [2.05, 4.69) is 5.10 Å². The zero-order valence-electron chi connectivity index (χ0n) is 10.9. The summed E-state index contributed by atoms with van der Waals surface area (Å²) in [6, 6.07) is 7.11. The van der Waals surface area contributed by atoms with E-state index in [0.717, 1.165) is 17.9 Å². The molecule has 3 nitrogen and oxygen atoms in total. The van der Waals surface area contributed by atoms with E-state index in [4.69, 9.17) is 4.74 Å². The number of hydrogen-bond acceptors (Lipinski definition) is 2. The molecule has 0 saturated carbocycles. The normalized spacial score (nSPS) is 10.7. The molecule has 18 heavy (non-hydrogen) atoms. The van der Waals surface area contributed by atoms with Crippen molar-refractivity contribution in [1.82, 2.24) is 9.78 Å². The first-order valence-corrected chi connectivity index (χ1v) is 6.03. The van der Waals surface area contributed by atoms with Gasteiger partial charge in [0.2, 0.25) is 0 Å². The van der Waals surface area contributed by atoms with Gasteiger partial charge in [-0.3, -0.25) is 4.68 Å². The van der Waals surface area contributed by atoms with Gasteiger partial charge in [0.1, 0.15) is 6.61 Å². The summed E-state index contributed by atoms with van der Waals surface area (Å²) in [6.07, 6.45) is 0. The largest absolute Gasteiger partial charge is 0.484 e. The van der Waals surface area contributed by atoms with Gasteiger partial charge in [0, 0.05) is 6.54 Å². The zero-order valence-corrected chi connectivity index (χ0v) is 10.9. The molecule has 0 N–H and O–H groups in total. The molecular formula is C14H17FN2O. The Morgan fingerprint density at radius 3 is 2.83 bits per heavy atom. The van der Waals surface area contributed by atoms with Crippen LogP contribution in [0.5, 0.6) is 5.75 Å². The van der Waals surface area contributed by atoms with Crippen LogP contribution in [-0.4, -0.2) is 9.78 Å². The van der Waals surface area contributed by atoms with Crippen LogP contribution in [0, 0.1) is 19.7 Å². The van der Waals surface area contributed by atoms with Gasteiger partial charge in [-0.15, -0.1) is 0 Å². The highest BCUT2D eigenvalue weighted by molar-refractivity contribution is 5.30. The standard InChI is InChI=1S/C14H17FN2O/c1-4-17-12(8-11(3)16-17)9-18-13-7-5-6-10(2)14(13)15/h5-8H,4,9H2,1-3H3. The van der Waals surface area contributed by atoms with E-state index in [0.29, 0.717) is 12.2 Å². The summed E-state index contributed by atoms with van der Waals surface area (Å²) in [7, 11) is 0. The third-order valence-corrected chi connectivity index (χ3v) is 2.82. The molecule has 2 rings (SSSR count). The highest BCUT2D eigenvalue weighted by Gasteiger charge is 2.08. The van der Waals surface area contributed by atoms with Crippen molar-refractivity contribution in [3.63, 3.8) is 0 Å². The van der Waals surface area contributed by atoms with Gasteiger partial charge >= 0.3 is 0 Å². The number of halogens is 1. The third kappa shape index (κ3) is 2.53. The van der Waals surface area contributed by atoms with Gasteiger partial charge in [0.25, 0.3) is 0 Å². The Hall–Kier alpha value is -1.84. The second-order valence-electron chi connectivity index (χ2n) is 4.27. The van der Waals surface area contributed by atoms with E-state index < -0.39 is 0 Å². The van der Waals surface area contributed by atoms with Gasteiger partial charge in [-0.1, -0.05) is 12.1 Å². The molecule has 0 spiro atoms. The molecule has 0 aliphatic rings. The van der Waals surface area contributed by atoms with Crippen LogP contribution in [0.25, 0.3) is 0 Å². The Balaban J connectivity index is 2.13. The maximum absolute atomic E-state index is 13.7. The van der Waals surface area contributed by atoms with E-state index in [-0.39, 0.29) is 11.6 Å². The fourth-order valence-electron chi connectivity index (χ4n) is 1.87. The second kappa shape index (κ2) is 5.21. The molecule has 0 radical (unpaired) electrons. The number of benzene rings is 1. The van der Waals surface area contributed by atoms with Crippen molar-refractivity contribution in [2.24, 2.45) is 0 Å². The first kappa shape index (κ1) is 12.6. The first-order chi connectivity index (χ1) is 8.61. The van der Waals surface area contributed by atoms with Crippen molar-refractivity contribution in [3.05, 3.63) is 47.0 Å². The van der Waals surface area contributed by atoms with Gasteiger partial charge in [0.15, 0.2) is 11.6 Å². The van der Waals surface area contributed by atoms with Crippen LogP contribution >= 0.6 is 0 Å². The fourth-order valence-corrected chi connectivity index (χ4v) is 1.87. The summed E-state index contributed by atoms with van der Waals surface area (Å²) in [6.45, 7) is 6.78. The molecule has 0 amide bonds.